The summed E-state index contributed by atoms with van der Waals surface area (Å²) in [5.74, 6) is 4.56. The van der Waals surface area contributed by atoms with Gasteiger partial charge >= 0.3 is 0 Å². The lowest BCUT2D eigenvalue weighted by molar-refractivity contribution is 0.100. The first-order valence-corrected chi connectivity index (χ1v) is 4.43. The van der Waals surface area contributed by atoms with Gasteiger partial charge in [0.25, 0.3) is 0 Å². The van der Waals surface area contributed by atoms with Crippen LogP contribution in [0.1, 0.15) is 0 Å². The number of hydrogen-bond donors (Lipinski definition) is 1. The van der Waals surface area contributed by atoms with E-state index in [2.05, 4.69) is 20.8 Å². The molecule has 0 atom stereocenters. The largest absolute Gasteiger partial charge is 0.488 e. The van der Waals surface area contributed by atoms with Gasteiger partial charge in [-0.3, -0.25) is 0 Å². The van der Waals surface area contributed by atoms with Crippen LogP contribution in [0.25, 0.3) is 0 Å². The number of halogens is 2. The molecule has 0 saturated carbocycles. The lowest BCUT2D eigenvalue weighted by atomic mass is 10.3. The van der Waals surface area contributed by atoms with E-state index in [-0.39, 0.29) is 19.0 Å². The van der Waals surface area contributed by atoms with E-state index in [9.17, 15) is 4.39 Å². The molecule has 0 radical (unpaired) electrons. The summed E-state index contributed by atoms with van der Waals surface area (Å²) in [6.45, 7) is 0.463. The monoisotopic (exact) mass is 249 g/mol. The summed E-state index contributed by atoms with van der Waals surface area (Å²) in [5, 5.41) is 0. The molecular weight excluding hydrogens is 241 g/mol. The summed E-state index contributed by atoms with van der Waals surface area (Å²) in [5.41, 5.74) is 0. The van der Waals surface area contributed by atoms with Crippen molar-refractivity contribution in [2.24, 2.45) is 5.90 Å². The third kappa shape index (κ3) is 3.30. The van der Waals surface area contributed by atoms with Gasteiger partial charge in [0.05, 0.1) is 0 Å². The molecule has 0 unspecified atom stereocenters. The molecule has 0 bridgehead atoms. The zero-order valence-electron chi connectivity index (χ0n) is 6.80. The van der Waals surface area contributed by atoms with E-state index in [0.717, 1.165) is 0 Å². The Morgan fingerprint density at radius 1 is 1.38 bits per heavy atom. The lowest BCUT2D eigenvalue weighted by Crippen LogP contribution is -2.10. The minimum atomic E-state index is -0.411. The highest BCUT2D eigenvalue weighted by atomic mass is 79.9. The van der Waals surface area contributed by atoms with Gasteiger partial charge in [-0.15, -0.1) is 0 Å². The zero-order valence-corrected chi connectivity index (χ0v) is 8.38. The van der Waals surface area contributed by atoms with Crippen LogP contribution >= 0.6 is 15.9 Å². The molecule has 3 nitrogen and oxygen atoms in total. The molecule has 2 N–H and O–H groups in total. The Labute approximate surface area is 83.7 Å². The summed E-state index contributed by atoms with van der Waals surface area (Å²) in [6.07, 6.45) is 0. The Morgan fingerprint density at radius 2 is 2.15 bits per heavy atom. The molecule has 1 aromatic carbocycles. The second-order valence-electron chi connectivity index (χ2n) is 2.29. The van der Waals surface area contributed by atoms with E-state index >= 15 is 0 Å². The highest BCUT2D eigenvalue weighted by molar-refractivity contribution is 9.10. The van der Waals surface area contributed by atoms with Crippen molar-refractivity contribution in [2.75, 3.05) is 13.2 Å². The van der Waals surface area contributed by atoms with E-state index < -0.39 is 5.82 Å². The molecule has 0 heterocycles. The number of benzene rings is 1. The van der Waals surface area contributed by atoms with Crippen molar-refractivity contribution in [3.63, 3.8) is 0 Å². The van der Waals surface area contributed by atoms with Crippen LogP contribution in [0.3, 0.4) is 0 Å². The second-order valence-corrected chi connectivity index (χ2v) is 3.21. The van der Waals surface area contributed by atoms with Crippen LogP contribution in [0.4, 0.5) is 4.39 Å². The first-order chi connectivity index (χ1) is 6.24. The van der Waals surface area contributed by atoms with E-state index in [0.29, 0.717) is 4.47 Å². The summed E-state index contributed by atoms with van der Waals surface area (Å²) in [6, 6.07) is 4.57. The third-order valence-corrected chi connectivity index (χ3v) is 1.85. The van der Waals surface area contributed by atoms with Gasteiger partial charge in [-0.25, -0.2) is 10.3 Å². The van der Waals surface area contributed by atoms with Crippen molar-refractivity contribution in [3.8, 4) is 5.75 Å². The molecule has 1 rings (SSSR count). The van der Waals surface area contributed by atoms with E-state index in [4.69, 9.17) is 10.6 Å². The van der Waals surface area contributed by atoms with Crippen LogP contribution in [0.2, 0.25) is 0 Å². The third-order valence-electron chi connectivity index (χ3n) is 1.35. The highest BCUT2D eigenvalue weighted by Gasteiger charge is 2.02. The Morgan fingerprint density at radius 3 is 2.77 bits per heavy atom. The molecule has 0 amide bonds. The van der Waals surface area contributed by atoms with Gasteiger partial charge in [-0.1, -0.05) is 15.9 Å². The molecule has 1 aromatic rings. The predicted molar refractivity (Wildman–Crippen MR) is 49.7 cm³/mol. The fraction of sp³-hybridized carbons (Fsp3) is 0.250. The lowest BCUT2D eigenvalue weighted by Gasteiger charge is -2.05. The van der Waals surface area contributed by atoms with Crippen molar-refractivity contribution < 1.29 is 14.0 Å². The predicted octanol–water partition coefficient (Wildman–Crippen LogP) is 1.86. The smallest absolute Gasteiger partial charge is 0.166 e. The molecule has 13 heavy (non-hydrogen) atoms. The molecule has 0 saturated heterocycles. The highest BCUT2D eigenvalue weighted by Crippen LogP contribution is 2.21. The Balaban J connectivity index is 2.56. The number of nitrogens with two attached hydrogens (primary N) is 1. The fourth-order valence-electron chi connectivity index (χ4n) is 0.792. The summed E-state index contributed by atoms with van der Waals surface area (Å²) >= 11 is 3.14. The molecule has 0 aromatic heterocycles. The van der Waals surface area contributed by atoms with Gasteiger partial charge in [-0.2, -0.15) is 0 Å². The topological polar surface area (TPSA) is 44.5 Å². The van der Waals surface area contributed by atoms with E-state index in [1.165, 1.54) is 12.1 Å². The molecular formula is C8H9BrFNO2. The van der Waals surface area contributed by atoms with Crippen LogP contribution in [-0.2, 0) is 4.84 Å². The molecule has 72 valence electrons. The van der Waals surface area contributed by atoms with Crippen molar-refractivity contribution >= 4 is 15.9 Å². The minimum absolute atomic E-state index is 0.195. The Hall–Kier alpha value is -0.650. The van der Waals surface area contributed by atoms with E-state index in [1.54, 1.807) is 6.07 Å². The molecule has 0 fully saturated rings. The molecule has 0 aliphatic rings. The fourth-order valence-corrected chi connectivity index (χ4v) is 1.13. The SMILES string of the molecule is NOCCOc1ccc(Br)cc1F. The van der Waals surface area contributed by atoms with Gasteiger partial charge in [0.15, 0.2) is 11.6 Å². The summed E-state index contributed by atoms with van der Waals surface area (Å²) < 4.78 is 18.8. The van der Waals surface area contributed by atoms with Crippen LogP contribution in [-0.4, -0.2) is 13.2 Å². The standard InChI is InChI=1S/C8H9BrFNO2/c9-6-1-2-8(7(10)5-6)12-3-4-13-11/h1-2,5H,3-4,11H2. The van der Waals surface area contributed by atoms with Crippen molar-refractivity contribution in [3.05, 3.63) is 28.5 Å². The number of hydrogen-bond acceptors (Lipinski definition) is 3. The van der Waals surface area contributed by atoms with Crippen LogP contribution in [0.15, 0.2) is 22.7 Å². The van der Waals surface area contributed by atoms with Gasteiger partial charge in [0, 0.05) is 4.47 Å². The second kappa shape index (κ2) is 5.16. The van der Waals surface area contributed by atoms with Gasteiger partial charge in [0.1, 0.15) is 13.2 Å². The molecule has 0 aliphatic carbocycles. The average Bonchev–Trinajstić information content (AvgIpc) is 2.09. The number of rotatable bonds is 4. The van der Waals surface area contributed by atoms with Crippen LogP contribution in [0, 0.1) is 5.82 Å². The first-order valence-electron chi connectivity index (χ1n) is 3.63. The Kier molecular flexibility index (Phi) is 4.14. The minimum Gasteiger partial charge on any atom is -0.488 e. The first kappa shape index (κ1) is 10.4. The van der Waals surface area contributed by atoms with Gasteiger partial charge < -0.3 is 9.57 Å². The quantitative estimate of drug-likeness (QED) is 0.655. The van der Waals surface area contributed by atoms with Crippen LogP contribution in [0.5, 0.6) is 5.75 Å². The summed E-state index contributed by atoms with van der Waals surface area (Å²) in [7, 11) is 0. The van der Waals surface area contributed by atoms with Crippen LogP contribution < -0.4 is 10.6 Å². The van der Waals surface area contributed by atoms with E-state index in [1.807, 2.05) is 0 Å². The maximum Gasteiger partial charge on any atom is 0.166 e. The van der Waals surface area contributed by atoms with Gasteiger partial charge in [-0.05, 0) is 18.2 Å². The van der Waals surface area contributed by atoms with Crippen molar-refractivity contribution in [1.29, 1.82) is 0 Å². The summed E-state index contributed by atoms with van der Waals surface area (Å²) in [4.78, 5) is 4.27. The number of ether oxygens (including phenoxy) is 1. The molecule has 0 spiro atoms. The molecule has 5 heteroatoms. The average molecular weight is 250 g/mol. The zero-order chi connectivity index (χ0) is 9.68. The Bertz CT molecular complexity index is 283. The molecule has 0 aliphatic heterocycles. The van der Waals surface area contributed by atoms with Crippen molar-refractivity contribution in [2.45, 2.75) is 0 Å². The van der Waals surface area contributed by atoms with Crippen molar-refractivity contribution in [1.82, 2.24) is 0 Å². The maximum atomic E-state index is 13.1. The van der Waals surface area contributed by atoms with Gasteiger partial charge in [0.2, 0.25) is 0 Å². The normalized spacial score (nSPS) is 10.1. The maximum absolute atomic E-state index is 13.1.